The van der Waals surface area contributed by atoms with Crippen LogP contribution in [0.5, 0.6) is 0 Å². The first kappa shape index (κ1) is 17.4. The number of nitrogens with two attached hydrogens (primary N) is 1. The third kappa shape index (κ3) is 4.07. The number of carbonyl (C=O) groups is 1. The molecule has 0 radical (unpaired) electrons. The second-order valence-electron chi connectivity index (χ2n) is 5.31. The van der Waals surface area contributed by atoms with E-state index in [0.29, 0.717) is 5.13 Å². The third-order valence-corrected chi connectivity index (χ3v) is 4.95. The maximum Gasteiger partial charge on any atom is 0.229 e. The summed E-state index contributed by atoms with van der Waals surface area (Å²) in [7, 11) is 0. The number of hydrogen-bond acceptors (Lipinski definition) is 4. The first-order chi connectivity index (χ1) is 10.1. The standard InChI is InChI=1S/C15H16BrN3OS.ClH/c16-11-3-1-2-9(6-11)13-8-21-15(18-13)19-14(20)10-4-5-12(17)7-10;/h1-3,6,8,10,12H,4-5,7,17H2,(H,18,19,20);1H. The van der Waals surface area contributed by atoms with E-state index in [2.05, 4.69) is 26.2 Å². The van der Waals surface area contributed by atoms with Crippen molar-refractivity contribution in [2.24, 2.45) is 11.7 Å². The van der Waals surface area contributed by atoms with E-state index in [1.165, 1.54) is 11.3 Å². The fraction of sp³-hybridized carbons (Fsp3) is 0.333. The van der Waals surface area contributed by atoms with Crippen LogP contribution in [0.15, 0.2) is 34.1 Å². The average Bonchev–Trinajstić information content (AvgIpc) is 3.08. The van der Waals surface area contributed by atoms with Crippen molar-refractivity contribution in [3.63, 3.8) is 0 Å². The van der Waals surface area contributed by atoms with Crippen LogP contribution >= 0.6 is 39.7 Å². The molecule has 1 fully saturated rings. The van der Waals surface area contributed by atoms with E-state index in [1.807, 2.05) is 29.6 Å². The molecule has 2 unspecified atom stereocenters. The molecule has 3 rings (SSSR count). The number of anilines is 1. The van der Waals surface area contributed by atoms with E-state index in [1.54, 1.807) is 0 Å². The van der Waals surface area contributed by atoms with Gasteiger partial charge in [-0.3, -0.25) is 4.79 Å². The number of nitrogens with zero attached hydrogens (tertiary/aromatic N) is 1. The van der Waals surface area contributed by atoms with E-state index >= 15 is 0 Å². The molecule has 4 nitrogen and oxygen atoms in total. The highest BCUT2D eigenvalue weighted by Gasteiger charge is 2.28. The number of benzene rings is 1. The van der Waals surface area contributed by atoms with Crippen molar-refractivity contribution in [1.29, 1.82) is 0 Å². The summed E-state index contributed by atoms with van der Waals surface area (Å²) in [5.41, 5.74) is 7.76. The number of amides is 1. The van der Waals surface area contributed by atoms with Gasteiger partial charge in [0.2, 0.25) is 5.91 Å². The van der Waals surface area contributed by atoms with Crippen LogP contribution in [-0.2, 0) is 4.79 Å². The molecule has 2 aromatic rings. The lowest BCUT2D eigenvalue weighted by Crippen LogP contribution is -2.23. The molecule has 2 atom stereocenters. The van der Waals surface area contributed by atoms with Crippen LogP contribution in [0, 0.1) is 5.92 Å². The molecule has 1 heterocycles. The first-order valence-electron chi connectivity index (χ1n) is 6.90. The van der Waals surface area contributed by atoms with Crippen molar-refractivity contribution in [3.05, 3.63) is 34.1 Å². The van der Waals surface area contributed by atoms with Crippen molar-refractivity contribution in [2.45, 2.75) is 25.3 Å². The molecule has 22 heavy (non-hydrogen) atoms. The molecule has 1 saturated carbocycles. The van der Waals surface area contributed by atoms with Crippen molar-refractivity contribution in [3.8, 4) is 11.3 Å². The van der Waals surface area contributed by atoms with Gasteiger partial charge < -0.3 is 11.1 Å². The monoisotopic (exact) mass is 401 g/mol. The fourth-order valence-electron chi connectivity index (χ4n) is 2.57. The summed E-state index contributed by atoms with van der Waals surface area (Å²) in [6, 6.07) is 8.12. The van der Waals surface area contributed by atoms with Gasteiger partial charge in [-0.2, -0.15) is 0 Å². The Morgan fingerprint density at radius 1 is 1.41 bits per heavy atom. The van der Waals surface area contributed by atoms with Crippen LogP contribution in [0.2, 0.25) is 0 Å². The maximum absolute atomic E-state index is 12.2. The highest BCUT2D eigenvalue weighted by Crippen LogP contribution is 2.29. The van der Waals surface area contributed by atoms with E-state index in [0.717, 1.165) is 35.0 Å². The summed E-state index contributed by atoms with van der Waals surface area (Å²) < 4.78 is 1.01. The molecule has 3 N–H and O–H groups in total. The Bertz CT molecular complexity index is 664. The van der Waals surface area contributed by atoms with E-state index in [4.69, 9.17) is 5.73 Å². The third-order valence-electron chi connectivity index (χ3n) is 3.70. The molecule has 1 aromatic heterocycles. The Labute approximate surface area is 148 Å². The Hall–Kier alpha value is -0.950. The van der Waals surface area contributed by atoms with Gasteiger partial charge in [0, 0.05) is 27.4 Å². The first-order valence-corrected chi connectivity index (χ1v) is 8.57. The molecule has 1 aromatic carbocycles. The van der Waals surface area contributed by atoms with Crippen LogP contribution < -0.4 is 11.1 Å². The van der Waals surface area contributed by atoms with Crippen molar-refractivity contribution in [2.75, 3.05) is 5.32 Å². The van der Waals surface area contributed by atoms with Gasteiger partial charge in [-0.1, -0.05) is 28.1 Å². The van der Waals surface area contributed by atoms with E-state index < -0.39 is 0 Å². The van der Waals surface area contributed by atoms with Crippen LogP contribution in [0.3, 0.4) is 0 Å². The summed E-state index contributed by atoms with van der Waals surface area (Å²) in [6.07, 6.45) is 2.58. The SMILES string of the molecule is Cl.NC1CCC(C(=O)Nc2nc(-c3cccc(Br)c3)cs2)C1. The largest absolute Gasteiger partial charge is 0.328 e. The minimum atomic E-state index is 0. The van der Waals surface area contributed by atoms with Crippen molar-refractivity contribution in [1.82, 2.24) is 4.98 Å². The Morgan fingerprint density at radius 2 is 2.23 bits per heavy atom. The van der Waals surface area contributed by atoms with Gasteiger partial charge in [0.25, 0.3) is 0 Å². The second kappa shape index (κ2) is 7.55. The van der Waals surface area contributed by atoms with Crippen LogP contribution in [-0.4, -0.2) is 16.9 Å². The number of halogens is 2. The Kier molecular flexibility index (Phi) is 5.97. The summed E-state index contributed by atoms with van der Waals surface area (Å²) in [4.78, 5) is 16.6. The smallest absolute Gasteiger partial charge is 0.229 e. The highest BCUT2D eigenvalue weighted by molar-refractivity contribution is 9.10. The number of aromatic nitrogens is 1. The summed E-state index contributed by atoms with van der Waals surface area (Å²) in [6.45, 7) is 0. The Balaban J connectivity index is 0.00000176. The van der Waals surface area contributed by atoms with Gasteiger partial charge >= 0.3 is 0 Å². The second-order valence-corrected chi connectivity index (χ2v) is 7.08. The van der Waals surface area contributed by atoms with Crippen LogP contribution in [0.4, 0.5) is 5.13 Å². The van der Waals surface area contributed by atoms with Gasteiger partial charge in [-0.25, -0.2) is 4.98 Å². The summed E-state index contributed by atoms with van der Waals surface area (Å²) in [5, 5.41) is 5.52. The number of carbonyl (C=O) groups excluding carboxylic acids is 1. The molecular formula is C15H17BrClN3OS. The molecule has 1 amide bonds. The molecule has 0 saturated heterocycles. The molecule has 118 valence electrons. The van der Waals surface area contributed by atoms with Crippen LogP contribution in [0.25, 0.3) is 11.3 Å². The zero-order valence-corrected chi connectivity index (χ0v) is 15.0. The lowest BCUT2D eigenvalue weighted by molar-refractivity contribution is -0.119. The molecular weight excluding hydrogens is 386 g/mol. The summed E-state index contributed by atoms with van der Waals surface area (Å²) >= 11 is 4.90. The molecule has 0 bridgehead atoms. The van der Waals surface area contributed by atoms with Gasteiger partial charge in [-0.05, 0) is 31.4 Å². The van der Waals surface area contributed by atoms with Crippen LogP contribution in [0.1, 0.15) is 19.3 Å². The van der Waals surface area contributed by atoms with Gasteiger partial charge in [0.1, 0.15) is 0 Å². The van der Waals surface area contributed by atoms with Gasteiger partial charge in [0.15, 0.2) is 5.13 Å². The molecule has 0 aliphatic heterocycles. The molecule has 7 heteroatoms. The highest BCUT2D eigenvalue weighted by atomic mass is 79.9. The minimum Gasteiger partial charge on any atom is -0.328 e. The quantitative estimate of drug-likeness (QED) is 0.813. The zero-order chi connectivity index (χ0) is 14.8. The molecule has 0 spiro atoms. The van der Waals surface area contributed by atoms with E-state index in [9.17, 15) is 4.79 Å². The molecule has 1 aliphatic rings. The van der Waals surface area contributed by atoms with E-state index in [-0.39, 0.29) is 30.3 Å². The van der Waals surface area contributed by atoms with Gasteiger partial charge in [-0.15, -0.1) is 23.7 Å². The zero-order valence-electron chi connectivity index (χ0n) is 11.8. The maximum atomic E-state index is 12.2. The van der Waals surface area contributed by atoms with Crippen molar-refractivity contribution < 1.29 is 4.79 Å². The number of hydrogen-bond donors (Lipinski definition) is 2. The minimum absolute atomic E-state index is 0. The number of rotatable bonds is 3. The predicted octanol–water partition coefficient (Wildman–Crippen LogP) is 4.06. The topological polar surface area (TPSA) is 68.0 Å². The number of thiazole rings is 1. The Morgan fingerprint density at radius 3 is 2.91 bits per heavy atom. The number of nitrogens with one attached hydrogen (secondary N) is 1. The predicted molar refractivity (Wildman–Crippen MR) is 96.4 cm³/mol. The summed E-state index contributed by atoms with van der Waals surface area (Å²) in [5.74, 6) is 0.0660. The lowest BCUT2D eigenvalue weighted by Gasteiger charge is -2.08. The fourth-order valence-corrected chi connectivity index (χ4v) is 3.70. The average molecular weight is 403 g/mol. The lowest BCUT2D eigenvalue weighted by atomic mass is 10.1. The normalized spacial score (nSPS) is 20.5. The molecule has 1 aliphatic carbocycles. The van der Waals surface area contributed by atoms with Crippen molar-refractivity contribution >= 4 is 50.7 Å². The van der Waals surface area contributed by atoms with Gasteiger partial charge in [0.05, 0.1) is 5.69 Å².